The predicted octanol–water partition coefficient (Wildman–Crippen LogP) is 3.57. The van der Waals surface area contributed by atoms with Crippen molar-refractivity contribution in [1.82, 2.24) is 4.90 Å². The number of allylic oxidation sites excluding steroid dienone is 1. The van der Waals surface area contributed by atoms with E-state index in [0.717, 1.165) is 16.9 Å². The summed E-state index contributed by atoms with van der Waals surface area (Å²) in [6, 6.07) is 16.9. The summed E-state index contributed by atoms with van der Waals surface area (Å²) in [5.74, 6) is -0.00994. The summed E-state index contributed by atoms with van der Waals surface area (Å²) >= 11 is 0. The van der Waals surface area contributed by atoms with Crippen LogP contribution in [0.15, 0.2) is 71.4 Å². The molecule has 5 heteroatoms. The SMILES string of the molecule is COC(=O)C1=C(C)N(Cc2ccccc2)C(=O)/C1=C\c1ccc(OC)cc1. The molecule has 3 rings (SSSR count). The van der Waals surface area contributed by atoms with E-state index in [-0.39, 0.29) is 5.91 Å². The molecule has 0 bridgehead atoms. The molecule has 27 heavy (non-hydrogen) atoms. The van der Waals surface area contributed by atoms with Gasteiger partial charge in [-0.25, -0.2) is 4.79 Å². The zero-order valence-corrected chi connectivity index (χ0v) is 15.6. The maximum absolute atomic E-state index is 13.1. The number of nitrogens with zero attached hydrogens (tertiary/aromatic N) is 1. The minimum absolute atomic E-state index is 0.215. The predicted molar refractivity (Wildman–Crippen MR) is 103 cm³/mol. The Morgan fingerprint density at radius 1 is 1.04 bits per heavy atom. The third-order valence-corrected chi connectivity index (χ3v) is 4.51. The number of carbonyl (C=O) groups excluding carboxylic acids is 2. The van der Waals surface area contributed by atoms with Gasteiger partial charge in [0, 0.05) is 5.70 Å². The number of hydrogen-bond donors (Lipinski definition) is 0. The summed E-state index contributed by atoms with van der Waals surface area (Å²) in [5.41, 5.74) is 3.01. The van der Waals surface area contributed by atoms with Gasteiger partial charge in [0.15, 0.2) is 0 Å². The number of rotatable bonds is 5. The quantitative estimate of drug-likeness (QED) is 0.602. The van der Waals surface area contributed by atoms with Crippen LogP contribution >= 0.6 is 0 Å². The van der Waals surface area contributed by atoms with Gasteiger partial charge in [-0.05, 0) is 36.3 Å². The molecule has 1 aliphatic rings. The van der Waals surface area contributed by atoms with Crippen molar-refractivity contribution in [1.29, 1.82) is 0 Å². The second kappa shape index (κ2) is 7.91. The number of benzene rings is 2. The van der Waals surface area contributed by atoms with Crippen molar-refractivity contribution in [2.45, 2.75) is 13.5 Å². The van der Waals surface area contributed by atoms with Gasteiger partial charge in [-0.3, -0.25) is 4.79 Å². The fraction of sp³-hybridized carbons (Fsp3) is 0.182. The number of methoxy groups -OCH3 is 2. The molecule has 1 heterocycles. The number of esters is 1. The number of carbonyl (C=O) groups is 2. The van der Waals surface area contributed by atoms with Crippen molar-refractivity contribution in [3.63, 3.8) is 0 Å². The van der Waals surface area contributed by atoms with E-state index in [0.29, 0.717) is 23.4 Å². The molecule has 1 aliphatic heterocycles. The molecule has 5 nitrogen and oxygen atoms in total. The van der Waals surface area contributed by atoms with Gasteiger partial charge in [0.2, 0.25) is 0 Å². The van der Waals surface area contributed by atoms with Gasteiger partial charge < -0.3 is 14.4 Å². The van der Waals surface area contributed by atoms with Gasteiger partial charge in [-0.15, -0.1) is 0 Å². The monoisotopic (exact) mass is 363 g/mol. The summed E-state index contributed by atoms with van der Waals surface area (Å²) in [7, 11) is 2.91. The Balaban J connectivity index is 2.00. The minimum atomic E-state index is -0.517. The highest BCUT2D eigenvalue weighted by atomic mass is 16.5. The van der Waals surface area contributed by atoms with Crippen LogP contribution in [0.25, 0.3) is 6.08 Å². The van der Waals surface area contributed by atoms with Gasteiger partial charge in [0.25, 0.3) is 5.91 Å². The van der Waals surface area contributed by atoms with Crippen molar-refractivity contribution in [3.05, 3.63) is 82.6 Å². The first kappa shape index (κ1) is 18.5. The Morgan fingerprint density at radius 2 is 1.70 bits per heavy atom. The molecule has 0 spiro atoms. The first-order valence-electron chi connectivity index (χ1n) is 8.56. The maximum Gasteiger partial charge on any atom is 0.340 e. The Kier molecular flexibility index (Phi) is 5.41. The first-order valence-corrected chi connectivity index (χ1v) is 8.56. The van der Waals surface area contributed by atoms with Gasteiger partial charge in [0.05, 0.1) is 31.9 Å². The van der Waals surface area contributed by atoms with E-state index in [2.05, 4.69) is 0 Å². The van der Waals surface area contributed by atoms with E-state index < -0.39 is 5.97 Å². The number of hydrogen-bond acceptors (Lipinski definition) is 4. The summed E-state index contributed by atoms with van der Waals surface area (Å²) in [5, 5.41) is 0. The van der Waals surface area contributed by atoms with Crippen LogP contribution < -0.4 is 4.74 Å². The molecule has 0 N–H and O–H groups in total. The smallest absolute Gasteiger partial charge is 0.340 e. The van der Waals surface area contributed by atoms with E-state index in [1.54, 1.807) is 25.0 Å². The average molecular weight is 363 g/mol. The molecule has 0 fully saturated rings. The lowest BCUT2D eigenvalue weighted by molar-refractivity contribution is -0.136. The highest BCUT2D eigenvalue weighted by Crippen LogP contribution is 2.33. The summed E-state index contributed by atoms with van der Waals surface area (Å²) in [6.07, 6.45) is 1.71. The van der Waals surface area contributed by atoms with E-state index in [4.69, 9.17) is 9.47 Å². The lowest BCUT2D eigenvalue weighted by Gasteiger charge is -2.17. The molecule has 0 radical (unpaired) electrons. The largest absolute Gasteiger partial charge is 0.497 e. The van der Waals surface area contributed by atoms with Gasteiger partial charge >= 0.3 is 5.97 Å². The molecule has 2 aromatic carbocycles. The molecule has 0 atom stereocenters. The third kappa shape index (κ3) is 3.77. The zero-order valence-electron chi connectivity index (χ0n) is 15.6. The van der Waals surface area contributed by atoms with Crippen LogP contribution in [0.1, 0.15) is 18.1 Å². The van der Waals surface area contributed by atoms with Crippen LogP contribution in [0, 0.1) is 0 Å². The Hall–Kier alpha value is -3.34. The number of ether oxygens (including phenoxy) is 2. The molecule has 1 amide bonds. The molecule has 138 valence electrons. The van der Waals surface area contributed by atoms with E-state index >= 15 is 0 Å². The maximum atomic E-state index is 13.1. The molecule has 0 aliphatic carbocycles. The van der Waals surface area contributed by atoms with E-state index in [1.807, 2.05) is 54.6 Å². The molecule has 2 aromatic rings. The van der Waals surface area contributed by atoms with Gasteiger partial charge in [-0.2, -0.15) is 0 Å². The van der Waals surface area contributed by atoms with Gasteiger partial charge in [0.1, 0.15) is 5.75 Å². The topological polar surface area (TPSA) is 55.8 Å². The summed E-state index contributed by atoms with van der Waals surface area (Å²) < 4.78 is 10.1. The lowest BCUT2D eigenvalue weighted by atomic mass is 10.0. The fourth-order valence-corrected chi connectivity index (χ4v) is 3.05. The lowest BCUT2D eigenvalue weighted by Crippen LogP contribution is -2.24. The van der Waals surface area contributed by atoms with Gasteiger partial charge in [-0.1, -0.05) is 42.5 Å². The van der Waals surface area contributed by atoms with Crippen molar-refractivity contribution in [2.75, 3.05) is 14.2 Å². The van der Waals surface area contributed by atoms with Crippen molar-refractivity contribution < 1.29 is 19.1 Å². The normalized spacial score (nSPS) is 15.4. The molecule has 0 unspecified atom stereocenters. The molecular formula is C22H21NO4. The van der Waals surface area contributed by atoms with E-state index in [1.165, 1.54) is 7.11 Å². The Labute approximate surface area is 158 Å². The van der Waals surface area contributed by atoms with Crippen LogP contribution in [0.4, 0.5) is 0 Å². The second-order valence-corrected chi connectivity index (χ2v) is 6.16. The average Bonchev–Trinajstić information content (AvgIpc) is 2.93. The number of amides is 1. The van der Waals surface area contributed by atoms with Crippen LogP contribution in [-0.2, 0) is 20.9 Å². The standard InChI is InChI=1S/C22H21NO4/c1-15-20(22(25)27-3)19(13-16-9-11-18(26-2)12-10-16)21(24)23(15)14-17-7-5-4-6-8-17/h4-13H,14H2,1-3H3/b19-13-. The second-order valence-electron chi connectivity index (χ2n) is 6.16. The van der Waals surface area contributed by atoms with Crippen LogP contribution in [0.5, 0.6) is 5.75 Å². The molecular weight excluding hydrogens is 342 g/mol. The Bertz CT molecular complexity index is 911. The summed E-state index contributed by atoms with van der Waals surface area (Å²) in [6.45, 7) is 2.16. The highest BCUT2D eigenvalue weighted by Gasteiger charge is 2.36. The highest BCUT2D eigenvalue weighted by molar-refractivity contribution is 6.16. The van der Waals surface area contributed by atoms with Crippen molar-refractivity contribution >= 4 is 18.0 Å². The van der Waals surface area contributed by atoms with Crippen LogP contribution in [0.2, 0.25) is 0 Å². The first-order chi connectivity index (χ1) is 13.0. The fourth-order valence-electron chi connectivity index (χ4n) is 3.05. The van der Waals surface area contributed by atoms with Crippen LogP contribution in [0.3, 0.4) is 0 Å². The van der Waals surface area contributed by atoms with Crippen LogP contribution in [-0.4, -0.2) is 31.0 Å². The molecule has 0 saturated heterocycles. The zero-order chi connectivity index (χ0) is 19.4. The molecule has 0 saturated carbocycles. The van der Waals surface area contributed by atoms with Crippen molar-refractivity contribution in [2.24, 2.45) is 0 Å². The molecule has 0 aromatic heterocycles. The van der Waals surface area contributed by atoms with E-state index in [9.17, 15) is 9.59 Å². The van der Waals surface area contributed by atoms with Crippen molar-refractivity contribution in [3.8, 4) is 5.75 Å². The Morgan fingerprint density at radius 3 is 2.30 bits per heavy atom. The minimum Gasteiger partial charge on any atom is -0.497 e. The third-order valence-electron chi connectivity index (χ3n) is 4.51. The summed E-state index contributed by atoms with van der Waals surface area (Å²) in [4.78, 5) is 27.0.